The third kappa shape index (κ3) is 2.24. The van der Waals surface area contributed by atoms with Crippen LogP contribution in [-0.2, 0) is 6.18 Å². The molecular formula is C13H9F3N4O. The molecule has 0 radical (unpaired) electrons. The number of halogens is 3. The quantitative estimate of drug-likeness (QED) is 0.723. The van der Waals surface area contributed by atoms with Crippen LogP contribution in [0, 0.1) is 0 Å². The van der Waals surface area contributed by atoms with Gasteiger partial charge in [-0.2, -0.15) is 18.3 Å². The Morgan fingerprint density at radius 1 is 1.19 bits per heavy atom. The lowest BCUT2D eigenvalue weighted by Gasteiger charge is -2.10. The Bertz CT molecular complexity index is 826. The van der Waals surface area contributed by atoms with E-state index in [0.717, 1.165) is 6.20 Å². The van der Waals surface area contributed by atoms with Crippen LogP contribution in [0.15, 0.2) is 36.5 Å². The number of nitrogens with two attached hydrogens (primary N) is 1. The maximum atomic E-state index is 13.0. The fraction of sp³-hybridized carbons (Fsp3) is 0.0769. The SMILES string of the molecule is Nc1cnc2cc(-c3cccc(O)c3)nn2c1C(F)(F)F. The molecule has 0 amide bonds. The predicted octanol–water partition coefficient (Wildman–Crippen LogP) is 2.70. The van der Waals surface area contributed by atoms with E-state index in [1.54, 1.807) is 12.1 Å². The number of rotatable bonds is 1. The van der Waals surface area contributed by atoms with Gasteiger partial charge in [-0.3, -0.25) is 0 Å². The zero-order valence-electron chi connectivity index (χ0n) is 10.5. The molecule has 0 spiro atoms. The average molecular weight is 294 g/mol. The minimum Gasteiger partial charge on any atom is -0.508 e. The molecule has 0 bridgehead atoms. The van der Waals surface area contributed by atoms with Gasteiger partial charge < -0.3 is 10.8 Å². The number of hydrogen-bond donors (Lipinski definition) is 2. The Morgan fingerprint density at radius 3 is 2.62 bits per heavy atom. The smallest absolute Gasteiger partial charge is 0.435 e. The van der Waals surface area contributed by atoms with E-state index in [-0.39, 0.29) is 17.1 Å². The molecule has 0 unspecified atom stereocenters. The molecule has 0 aliphatic rings. The molecule has 0 aliphatic heterocycles. The van der Waals surface area contributed by atoms with Gasteiger partial charge in [0, 0.05) is 11.6 Å². The Labute approximate surface area is 116 Å². The van der Waals surface area contributed by atoms with Crippen LogP contribution in [0.3, 0.4) is 0 Å². The van der Waals surface area contributed by atoms with Crippen LogP contribution in [0.1, 0.15) is 5.69 Å². The number of aromatic hydroxyl groups is 1. The van der Waals surface area contributed by atoms with Crippen molar-refractivity contribution in [1.29, 1.82) is 0 Å². The van der Waals surface area contributed by atoms with Crippen molar-refractivity contribution in [2.45, 2.75) is 6.18 Å². The van der Waals surface area contributed by atoms with E-state index < -0.39 is 17.6 Å². The average Bonchev–Trinajstić information content (AvgIpc) is 2.80. The molecule has 2 heterocycles. The Morgan fingerprint density at radius 2 is 1.95 bits per heavy atom. The highest BCUT2D eigenvalue weighted by molar-refractivity contribution is 5.66. The first kappa shape index (κ1) is 13.2. The molecule has 0 aliphatic carbocycles. The van der Waals surface area contributed by atoms with Gasteiger partial charge >= 0.3 is 6.18 Å². The molecule has 0 saturated carbocycles. The summed E-state index contributed by atoms with van der Waals surface area (Å²) in [4.78, 5) is 3.84. The van der Waals surface area contributed by atoms with Crippen molar-refractivity contribution >= 4 is 11.3 Å². The molecule has 3 N–H and O–H groups in total. The Hall–Kier alpha value is -2.77. The number of nitrogen functional groups attached to an aromatic ring is 1. The first-order valence-electron chi connectivity index (χ1n) is 5.87. The topological polar surface area (TPSA) is 76.4 Å². The zero-order valence-corrected chi connectivity index (χ0v) is 10.5. The van der Waals surface area contributed by atoms with Gasteiger partial charge in [0.05, 0.1) is 17.6 Å². The standard InChI is InChI=1S/C13H9F3N4O/c14-13(15,16)12-9(17)6-18-11-5-10(19-20(11)12)7-2-1-3-8(21)4-7/h1-6,21H,17H2. The summed E-state index contributed by atoms with van der Waals surface area (Å²) in [5.74, 6) is -0.00641. The van der Waals surface area contributed by atoms with Crippen molar-refractivity contribution in [2.75, 3.05) is 5.73 Å². The molecule has 3 rings (SSSR count). The second-order valence-electron chi connectivity index (χ2n) is 4.41. The fourth-order valence-corrected chi connectivity index (χ4v) is 2.04. The highest BCUT2D eigenvalue weighted by atomic mass is 19.4. The van der Waals surface area contributed by atoms with Gasteiger partial charge in [-0.15, -0.1) is 0 Å². The molecule has 0 atom stereocenters. The zero-order chi connectivity index (χ0) is 15.2. The van der Waals surface area contributed by atoms with Crippen LogP contribution in [0.25, 0.3) is 16.9 Å². The molecular weight excluding hydrogens is 285 g/mol. The normalized spacial score (nSPS) is 12.0. The van der Waals surface area contributed by atoms with Crippen LogP contribution in [0.4, 0.5) is 18.9 Å². The molecule has 0 saturated heterocycles. The first-order chi connectivity index (χ1) is 9.86. The monoisotopic (exact) mass is 294 g/mol. The lowest BCUT2D eigenvalue weighted by molar-refractivity contribution is -0.141. The Kier molecular flexibility index (Phi) is 2.75. The molecule has 21 heavy (non-hydrogen) atoms. The maximum absolute atomic E-state index is 13.0. The third-order valence-corrected chi connectivity index (χ3v) is 2.92. The minimum absolute atomic E-state index is 0.00641. The number of alkyl halides is 3. The van der Waals surface area contributed by atoms with Crippen molar-refractivity contribution in [3.63, 3.8) is 0 Å². The maximum Gasteiger partial charge on any atom is 0.435 e. The van der Waals surface area contributed by atoms with E-state index in [1.807, 2.05) is 0 Å². The predicted molar refractivity (Wildman–Crippen MR) is 69.5 cm³/mol. The molecule has 1 aromatic carbocycles. The number of anilines is 1. The molecule has 8 heteroatoms. The lowest BCUT2D eigenvalue weighted by Crippen LogP contribution is -2.16. The van der Waals surface area contributed by atoms with E-state index in [2.05, 4.69) is 10.1 Å². The molecule has 108 valence electrons. The number of phenols is 1. The van der Waals surface area contributed by atoms with E-state index >= 15 is 0 Å². The number of nitrogens with zero attached hydrogens (tertiary/aromatic N) is 3. The van der Waals surface area contributed by atoms with Crippen molar-refractivity contribution < 1.29 is 18.3 Å². The molecule has 2 aromatic heterocycles. The minimum atomic E-state index is -4.65. The third-order valence-electron chi connectivity index (χ3n) is 2.92. The Balaban J connectivity index is 2.26. The highest BCUT2D eigenvalue weighted by Crippen LogP contribution is 2.34. The van der Waals surface area contributed by atoms with Crippen molar-refractivity contribution in [3.05, 3.63) is 42.2 Å². The molecule has 3 aromatic rings. The first-order valence-corrected chi connectivity index (χ1v) is 5.87. The summed E-state index contributed by atoms with van der Waals surface area (Å²) in [5, 5.41) is 13.3. The fourth-order valence-electron chi connectivity index (χ4n) is 2.04. The molecule has 0 fully saturated rings. The summed E-state index contributed by atoms with van der Waals surface area (Å²) in [5.41, 5.74) is 4.55. The van der Waals surface area contributed by atoms with Crippen LogP contribution >= 0.6 is 0 Å². The number of benzene rings is 1. The lowest BCUT2D eigenvalue weighted by atomic mass is 10.1. The summed E-state index contributed by atoms with van der Waals surface area (Å²) in [6.07, 6.45) is -3.69. The molecule has 5 nitrogen and oxygen atoms in total. The largest absolute Gasteiger partial charge is 0.508 e. The van der Waals surface area contributed by atoms with Gasteiger partial charge in [0.15, 0.2) is 11.3 Å². The van der Waals surface area contributed by atoms with Crippen molar-refractivity contribution in [3.8, 4) is 17.0 Å². The van der Waals surface area contributed by atoms with Gasteiger partial charge in [0.2, 0.25) is 0 Å². The number of aromatic nitrogens is 3. The second-order valence-corrected chi connectivity index (χ2v) is 4.41. The van der Waals surface area contributed by atoms with Crippen LogP contribution < -0.4 is 5.73 Å². The van der Waals surface area contributed by atoms with Crippen LogP contribution in [0.2, 0.25) is 0 Å². The van der Waals surface area contributed by atoms with E-state index in [0.29, 0.717) is 10.1 Å². The van der Waals surface area contributed by atoms with E-state index in [4.69, 9.17) is 5.73 Å². The summed E-state index contributed by atoms with van der Waals surface area (Å²) >= 11 is 0. The van der Waals surface area contributed by atoms with Gasteiger partial charge in [-0.1, -0.05) is 12.1 Å². The summed E-state index contributed by atoms with van der Waals surface area (Å²) < 4.78 is 39.8. The van der Waals surface area contributed by atoms with Gasteiger partial charge in [0.25, 0.3) is 0 Å². The van der Waals surface area contributed by atoms with E-state index in [9.17, 15) is 18.3 Å². The summed E-state index contributed by atoms with van der Waals surface area (Å²) in [7, 11) is 0. The number of phenolic OH excluding ortho intramolecular Hbond substituents is 1. The summed E-state index contributed by atoms with van der Waals surface area (Å²) in [6.45, 7) is 0. The van der Waals surface area contributed by atoms with Crippen molar-refractivity contribution in [2.24, 2.45) is 0 Å². The van der Waals surface area contributed by atoms with Gasteiger partial charge in [-0.05, 0) is 12.1 Å². The van der Waals surface area contributed by atoms with E-state index in [1.165, 1.54) is 18.2 Å². The number of hydrogen-bond acceptors (Lipinski definition) is 4. The summed E-state index contributed by atoms with van der Waals surface area (Å²) in [6, 6.07) is 7.44. The van der Waals surface area contributed by atoms with Crippen LogP contribution in [0.5, 0.6) is 5.75 Å². The van der Waals surface area contributed by atoms with Crippen LogP contribution in [-0.4, -0.2) is 19.7 Å². The highest BCUT2D eigenvalue weighted by Gasteiger charge is 2.37. The second kappa shape index (κ2) is 4.37. The van der Waals surface area contributed by atoms with Crippen molar-refractivity contribution in [1.82, 2.24) is 14.6 Å². The van der Waals surface area contributed by atoms with Gasteiger partial charge in [-0.25, -0.2) is 9.50 Å². The number of fused-ring (bicyclic) bond motifs is 1. The van der Waals surface area contributed by atoms with Gasteiger partial charge in [0.1, 0.15) is 5.75 Å².